The van der Waals surface area contributed by atoms with Crippen LogP contribution in [-0.2, 0) is 6.42 Å². The van der Waals surface area contributed by atoms with Gasteiger partial charge in [0.2, 0.25) is 0 Å². The number of hydrogen-bond acceptors (Lipinski definition) is 1. The van der Waals surface area contributed by atoms with Gasteiger partial charge >= 0.3 is 0 Å². The summed E-state index contributed by atoms with van der Waals surface area (Å²) in [7, 11) is 0. The summed E-state index contributed by atoms with van der Waals surface area (Å²) in [5, 5.41) is 1.98. The van der Waals surface area contributed by atoms with Crippen LogP contribution in [0.25, 0.3) is 0 Å². The molecular weight excluding hydrogens is 336 g/mol. The molecule has 0 unspecified atom stereocenters. The Morgan fingerprint density at radius 1 is 1.00 bits per heavy atom. The highest BCUT2D eigenvalue weighted by Crippen LogP contribution is 2.22. The summed E-state index contributed by atoms with van der Waals surface area (Å²) in [6.45, 7) is 2.92. The Morgan fingerprint density at radius 2 is 1.65 bits per heavy atom. The topological polar surface area (TPSA) is 9.23 Å². The molecule has 0 saturated heterocycles. The van der Waals surface area contributed by atoms with Crippen LogP contribution in [0.2, 0.25) is 5.02 Å². The number of aryl methyl sites for hydroxylation is 1. The van der Waals surface area contributed by atoms with Crippen molar-refractivity contribution in [1.29, 1.82) is 0 Å². The largest absolute Gasteiger partial charge is 0.494 e. The molecule has 1 aromatic rings. The summed E-state index contributed by atoms with van der Waals surface area (Å²) in [5.41, 5.74) is 1.16. The zero-order valence-electron chi connectivity index (χ0n) is 12.5. The van der Waals surface area contributed by atoms with E-state index in [0.29, 0.717) is 0 Å². The lowest BCUT2D eigenvalue weighted by Gasteiger charge is -2.08. The molecule has 0 fully saturated rings. The lowest BCUT2D eigenvalue weighted by atomic mass is 10.1. The van der Waals surface area contributed by atoms with Gasteiger partial charge in [-0.25, -0.2) is 0 Å². The van der Waals surface area contributed by atoms with Crippen molar-refractivity contribution in [3.63, 3.8) is 0 Å². The predicted molar refractivity (Wildman–Crippen MR) is 92.4 cm³/mol. The number of unbranched alkanes of at least 4 members (excludes halogenated alkanes) is 6. The minimum atomic E-state index is 0.812. The van der Waals surface area contributed by atoms with E-state index in [1.165, 1.54) is 38.5 Å². The normalized spacial score (nSPS) is 10.8. The lowest BCUT2D eigenvalue weighted by Crippen LogP contribution is -1.98. The monoisotopic (exact) mass is 360 g/mol. The molecule has 0 amide bonds. The van der Waals surface area contributed by atoms with E-state index in [0.717, 1.165) is 41.1 Å². The molecule has 0 saturated carbocycles. The smallest absolute Gasteiger partial charge is 0.119 e. The SMILES string of the molecule is CCc1cc(OCCCCCCCCCBr)ccc1Cl. The van der Waals surface area contributed by atoms with E-state index < -0.39 is 0 Å². The fourth-order valence-corrected chi connectivity index (χ4v) is 2.83. The lowest BCUT2D eigenvalue weighted by molar-refractivity contribution is 0.304. The fourth-order valence-electron chi connectivity index (χ4n) is 2.18. The Hall–Kier alpha value is -0.210. The van der Waals surface area contributed by atoms with Gasteiger partial charge in [-0.05, 0) is 43.0 Å². The average Bonchev–Trinajstić information content (AvgIpc) is 2.47. The van der Waals surface area contributed by atoms with E-state index >= 15 is 0 Å². The van der Waals surface area contributed by atoms with Crippen LogP contribution in [0.15, 0.2) is 18.2 Å². The van der Waals surface area contributed by atoms with Crippen LogP contribution in [-0.4, -0.2) is 11.9 Å². The summed E-state index contributed by atoms with van der Waals surface area (Å²) in [5.74, 6) is 0.948. The molecule has 0 aliphatic heterocycles. The Morgan fingerprint density at radius 3 is 2.30 bits per heavy atom. The molecule has 0 aliphatic carbocycles. The standard InChI is InChI=1S/C17H26BrClO/c1-2-15-14-16(10-11-17(15)19)20-13-9-7-5-3-4-6-8-12-18/h10-11,14H,2-9,12-13H2,1H3. The van der Waals surface area contributed by atoms with E-state index in [4.69, 9.17) is 16.3 Å². The van der Waals surface area contributed by atoms with Gasteiger partial charge < -0.3 is 4.74 Å². The molecule has 20 heavy (non-hydrogen) atoms. The van der Waals surface area contributed by atoms with Crippen molar-refractivity contribution in [3.05, 3.63) is 28.8 Å². The van der Waals surface area contributed by atoms with E-state index in [2.05, 4.69) is 28.9 Å². The number of ether oxygens (including phenoxy) is 1. The Kier molecular flexibility index (Phi) is 10.2. The highest BCUT2D eigenvalue weighted by Gasteiger charge is 2.01. The first-order chi connectivity index (χ1) is 9.77. The van der Waals surface area contributed by atoms with Crippen molar-refractivity contribution in [3.8, 4) is 5.75 Å². The van der Waals surface area contributed by atoms with Crippen LogP contribution < -0.4 is 4.74 Å². The molecular formula is C17H26BrClO. The summed E-state index contributed by atoms with van der Waals surface area (Å²) in [6, 6.07) is 5.95. The third kappa shape index (κ3) is 7.54. The van der Waals surface area contributed by atoms with Crippen LogP contribution in [0, 0.1) is 0 Å². The van der Waals surface area contributed by atoms with Gasteiger partial charge in [0.05, 0.1) is 6.61 Å². The second kappa shape index (κ2) is 11.4. The van der Waals surface area contributed by atoms with E-state index in [9.17, 15) is 0 Å². The molecule has 1 nitrogen and oxygen atoms in total. The van der Waals surface area contributed by atoms with Crippen molar-refractivity contribution >= 4 is 27.5 Å². The summed E-state index contributed by atoms with van der Waals surface area (Å²) in [6.07, 6.45) is 10.1. The van der Waals surface area contributed by atoms with E-state index in [-0.39, 0.29) is 0 Å². The van der Waals surface area contributed by atoms with Gasteiger partial charge in [0.1, 0.15) is 5.75 Å². The van der Waals surface area contributed by atoms with Gasteiger partial charge in [-0.3, -0.25) is 0 Å². The third-order valence-electron chi connectivity index (χ3n) is 3.44. The quantitative estimate of drug-likeness (QED) is 0.327. The van der Waals surface area contributed by atoms with Gasteiger partial charge in [0, 0.05) is 10.4 Å². The van der Waals surface area contributed by atoms with Gasteiger partial charge in [-0.15, -0.1) is 0 Å². The van der Waals surface area contributed by atoms with E-state index in [1.54, 1.807) is 0 Å². The molecule has 1 rings (SSSR count). The number of halogens is 2. The van der Waals surface area contributed by atoms with Crippen molar-refractivity contribution in [2.24, 2.45) is 0 Å². The number of hydrogen-bond donors (Lipinski definition) is 0. The third-order valence-corrected chi connectivity index (χ3v) is 4.37. The van der Waals surface area contributed by atoms with Crippen LogP contribution in [0.4, 0.5) is 0 Å². The first-order valence-electron chi connectivity index (χ1n) is 7.75. The van der Waals surface area contributed by atoms with E-state index in [1.807, 2.05) is 12.1 Å². The highest BCUT2D eigenvalue weighted by molar-refractivity contribution is 9.09. The highest BCUT2D eigenvalue weighted by atomic mass is 79.9. The molecule has 1 aromatic carbocycles. The van der Waals surface area contributed by atoms with Crippen LogP contribution in [0.1, 0.15) is 57.4 Å². The second-order valence-electron chi connectivity index (χ2n) is 5.12. The van der Waals surface area contributed by atoms with Gasteiger partial charge in [-0.1, -0.05) is 66.6 Å². The maximum atomic E-state index is 6.09. The maximum absolute atomic E-state index is 6.09. The molecule has 3 heteroatoms. The Bertz CT molecular complexity index is 368. The second-order valence-corrected chi connectivity index (χ2v) is 6.32. The first-order valence-corrected chi connectivity index (χ1v) is 9.25. The van der Waals surface area contributed by atoms with Gasteiger partial charge in [-0.2, -0.15) is 0 Å². The molecule has 0 atom stereocenters. The van der Waals surface area contributed by atoms with Crippen LogP contribution >= 0.6 is 27.5 Å². The number of alkyl halides is 1. The minimum Gasteiger partial charge on any atom is -0.494 e. The Labute approximate surface area is 137 Å². The van der Waals surface area contributed by atoms with Crippen molar-refractivity contribution in [2.75, 3.05) is 11.9 Å². The summed E-state index contributed by atoms with van der Waals surface area (Å²) in [4.78, 5) is 0. The number of benzene rings is 1. The molecule has 0 aliphatic rings. The number of rotatable bonds is 11. The average molecular weight is 362 g/mol. The first kappa shape index (κ1) is 17.8. The van der Waals surface area contributed by atoms with Crippen molar-refractivity contribution < 1.29 is 4.74 Å². The minimum absolute atomic E-state index is 0.812. The molecule has 0 aromatic heterocycles. The molecule has 0 spiro atoms. The Balaban J connectivity index is 2.06. The van der Waals surface area contributed by atoms with Crippen LogP contribution in [0.5, 0.6) is 5.75 Å². The summed E-state index contributed by atoms with van der Waals surface area (Å²) < 4.78 is 5.78. The molecule has 0 bridgehead atoms. The predicted octanol–water partition coefficient (Wildman–Crippen LogP) is 6.41. The zero-order chi connectivity index (χ0) is 14.6. The maximum Gasteiger partial charge on any atom is 0.119 e. The molecule has 0 heterocycles. The summed E-state index contributed by atoms with van der Waals surface area (Å²) >= 11 is 9.56. The van der Waals surface area contributed by atoms with Crippen molar-refractivity contribution in [1.82, 2.24) is 0 Å². The molecule has 0 N–H and O–H groups in total. The molecule has 0 radical (unpaired) electrons. The van der Waals surface area contributed by atoms with Gasteiger partial charge in [0.25, 0.3) is 0 Å². The molecule has 114 valence electrons. The van der Waals surface area contributed by atoms with Crippen LogP contribution in [0.3, 0.4) is 0 Å². The zero-order valence-corrected chi connectivity index (χ0v) is 14.8. The van der Waals surface area contributed by atoms with Crippen molar-refractivity contribution in [2.45, 2.75) is 58.3 Å². The fraction of sp³-hybridized carbons (Fsp3) is 0.647. The van der Waals surface area contributed by atoms with Gasteiger partial charge in [0.15, 0.2) is 0 Å².